The van der Waals surface area contributed by atoms with Crippen LogP contribution in [0.5, 0.6) is 0 Å². The topological polar surface area (TPSA) is 78.3 Å². The van der Waals surface area contributed by atoms with Gasteiger partial charge in [0, 0.05) is 49.4 Å². The Morgan fingerprint density at radius 2 is 2.21 bits per heavy atom. The number of fused-ring (bicyclic) bond motifs is 2. The fraction of sp³-hybridized carbons (Fsp3) is 0.286. The average Bonchev–Trinajstić information content (AvgIpc) is 3.46. The minimum Gasteiger partial charge on any atom is -0.361 e. The molecule has 1 aliphatic heterocycles. The first kappa shape index (κ1) is 16.9. The number of para-hydroxylation sites is 1. The standard InChI is InChI=1S/C21H22N6O/c1-22-21(28)17-11-25-27-19(6-8-23-20(17)27)14-7-9-26(12-14)13-15-10-24-18-5-3-2-4-16(15)18/h2-6,8,10-11,14,24H,7,9,12-13H2,1H3,(H,22,28)/t14-/m1/s1. The summed E-state index contributed by atoms with van der Waals surface area (Å²) in [6, 6.07) is 10.4. The summed E-state index contributed by atoms with van der Waals surface area (Å²) in [6.07, 6.45) is 6.56. The van der Waals surface area contributed by atoms with Crippen molar-refractivity contribution in [2.24, 2.45) is 0 Å². The first-order valence-electron chi connectivity index (χ1n) is 9.56. The molecule has 1 fully saturated rings. The van der Waals surface area contributed by atoms with E-state index in [4.69, 9.17) is 0 Å². The van der Waals surface area contributed by atoms with E-state index in [1.807, 2.05) is 10.6 Å². The summed E-state index contributed by atoms with van der Waals surface area (Å²) in [4.78, 5) is 22.3. The number of likely N-dealkylation sites (tertiary alicyclic amines) is 1. The van der Waals surface area contributed by atoms with Crippen LogP contribution in [0, 0.1) is 0 Å². The van der Waals surface area contributed by atoms with Crippen LogP contribution in [0.1, 0.15) is 34.0 Å². The Bertz CT molecular complexity index is 1160. The number of aromatic amines is 1. The molecular formula is C21H22N6O. The Hall–Kier alpha value is -3.19. The second-order valence-electron chi connectivity index (χ2n) is 7.32. The summed E-state index contributed by atoms with van der Waals surface area (Å²) in [5.74, 6) is 0.208. The van der Waals surface area contributed by atoms with E-state index < -0.39 is 0 Å². The third-order valence-corrected chi connectivity index (χ3v) is 5.66. The van der Waals surface area contributed by atoms with E-state index in [1.54, 1.807) is 19.4 Å². The first-order chi connectivity index (χ1) is 13.7. The lowest BCUT2D eigenvalue weighted by atomic mass is 10.0. The maximum absolute atomic E-state index is 12.0. The van der Waals surface area contributed by atoms with Crippen LogP contribution in [0.2, 0.25) is 0 Å². The highest BCUT2D eigenvalue weighted by Gasteiger charge is 2.27. The van der Waals surface area contributed by atoms with Crippen molar-refractivity contribution in [2.45, 2.75) is 18.9 Å². The number of aromatic nitrogens is 4. The van der Waals surface area contributed by atoms with E-state index in [9.17, 15) is 4.79 Å². The van der Waals surface area contributed by atoms with Gasteiger partial charge < -0.3 is 10.3 Å². The number of H-pyrrole nitrogens is 1. The molecule has 7 heteroatoms. The molecule has 1 amide bonds. The van der Waals surface area contributed by atoms with Gasteiger partial charge >= 0.3 is 0 Å². The molecule has 0 unspecified atom stereocenters. The first-order valence-corrected chi connectivity index (χ1v) is 9.56. The second-order valence-corrected chi connectivity index (χ2v) is 7.32. The normalized spacial score (nSPS) is 17.5. The summed E-state index contributed by atoms with van der Waals surface area (Å²) < 4.78 is 1.82. The molecule has 4 heterocycles. The predicted octanol–water partition coefficient (Wildman–Crippen LogP) is 2.56. The quantitative estimate of drug-likeness (QED) is 0.575. The predicted molar refractivity (Wildman–Crippen MR) is 107 cm³/mol. The lowest BCUT2D eigenvalue weighted by molar-refractivity contribution is 0.0964. The number of carbonyl (C=O) groups is 1. The van der Waals surface area contributed by atoms with Gasteiger partial charge in [0.1, 0.15) is 5.56 Å². The maximum Gasteiger partial charge on any atom is 0.256 e. The third kappa shape index (κ3) is 2.75. The van der Waals surface area contributed by atoms with Crippen molar-refractivity contribution in [3.05, 3.63) is 65.7 Å². The summed E-state index contributed by atoms with van der Waals surface area (Å²) in [7, 11) is 1.62. The molecular weight excluding hydrogens is 352 g/mol. The Morgan fingerprint density at radius 1 is 1.32 bits per heavy atom. The Balaban J connectivity index is 1.39. The number of amides is 1. The lowest BCUT2D eigenvalue weighted by Crippen LogP contribution is -2.20. The van der Waals surface area contributed by atoms with Crippen LogP contribution in [0.3, 0.4) is 0 Å². The number of hydrogen-bond donors (Lipinski definition) is 2. The summed E-state index contributed by atoms with van der Waals surface area (Å²) in [5.41, 5.74) is 4.76. The largest absolute Gasteiger partial charge is 0.361 e. The molecule has 2 N–H and O–H groups in total. The molecule has 4 aromatic rings. The fourth-order valence-corrected chi connectivity index (χ4v) is 4.23. The number of carbonyl (C=O) groups excluding carboxylic acids is 1. The van der Waals surface area contributed by atoms with Crippen molar-refractivity contribution in [1.82, 2.24) is 29.8 Å². The second kappa shape index (κ2) is 6.76. The molecule has 0 aliphatic carbocycles. The Labute approximate surface area is 162 Å². The average molecular weight is 374 g/mol. The van der Waals surface area contributed by atoms with E-state index in [0.29, 0.717) is 17.1 Å². The van der Waals surface area contributed by atoms with Crippen LogP contribution >= 0.6 is 0 Å². The van der Waals surface area contributed by atoms with Gasteiger partial charge in [-0.1, -0.05) is 18.2 Å². The van der Waals surface area contributed by atoms with Gasteiger partial charge in [-0.3, -0.25) is 9.69 Å². The van der Waals surface area contributed by atoms with Crippen molar-refractivity contribution in [3.8, 4) is 0 Å². The van der Waals surface area contributed by atoms with Gasteiger partial charge in [-0.15, -0.1) is 0 Å². The highest BCUT2D eigenvalue weighted by atomic mass is 16.1. The number of nitrogens with one attached hydrogen (secondary N) is 2. The van der Waals surface area contributed by atoms with Gasteiger partial charge in [0.25, 0.3) is 5.91 Å². The third-order valence-electron chi connectivity index (χ3n) is 5.66. The van der Waals surface area contributed by atoms with Gasteiger partial charge in [0.15, 0.2) is 5.65 Å². The Kier molecular flexibility index (Phi) is 4.09. The van der Waals surface area contributed by atoms with Gasteiger partial charge in [-0.25, -0.2) is 9.50 Å². The highest BCUT2D eigenvalue weighted by Crippen LogP contribution is 2.30. The maximum atomic E-state index is 12.0. The van der Waals surface area contributed by atoms with Crippen LogP contribution in [-0.2, 0) is 6.54 Å². The molecule has 0 saturated carbocycles. The van der Waals surface area contributed by atoms with Crippen molar-refractivity contribution < 1.29 is 4.79 Å². The van der Waals surface area contributed by atoms with E-state index in [0.717, 1.165) is 31.7 Å². The molecule has 5 rings (SSSR count). The molecule has 1 saturated heterocycles. The molecule has 0 radical (unpaired) electrons. The van der Waals surface area contributed by atoms with Crippen LogP contribution in [0.25, 0.3) is 16.6 Å². The van der Waals surface area contributed by atoms with Crippen LogP contribution < -0.4 is 5.32 Å². The number of hydrogen-bond acceptors (Lipinski definition) is 4. The van der Waals surface area contributed by atoms with Gasteiger partial charge in [0.2, 0.25) is 0 Å². The number of benzene rings is 1. The number of nitrogens with zero attached hydrogens (tertiary/aromatic N) is 4. The molecule has 1 aromatic carbocycles. The SMILES string of the molecule is CNC(=O)c1cnn2c([C@@H]3CCN(Cc4c[nH]c5ccccc45)C3)ccnc12. The van der Waals surface area contributed by atoms with Crippen LogP contribution in [-0.4, -0.2) is 50.5 Å². The minimum absolute atomic E-state index is 0.160. The fourth-order valence-electron chi connectivity index (χ4n) is 4.23. The van der Waals surface area contributed by atoms with E-state index >= 15 is 0 Å². The molecule has 0 bridgehead atoms. The minimum atomic E-state index is -0.160. The zero-order valence-corrected chi connectivity index (χ0v) is 15.7. The smallest absolute Gasteiger partial charge is 0.256 e. The Morgan fingerprint density at radius 3 is 3.11 bits per heavy atom. The van der Waals surface area contributed by atoms with Crippen LogP contribution in [0.15, 0.2) is 48.9 Å². The summed E-state index contributed by atoms with van der Waals surface area (Å²) >= 11 is 0. The summed E-state index contributed by atoms with van der Waals surface area (Å²) in [6.45, 7) is 2.93. The zero-order valence-electron chi connectivity index (χ0n) is 15.7. The molecule has 142 valence electrons. The van der Waals surface area contributed by atoms with E-state index in [1.165, 1.54) is 16.5 Å². The van der Waals surface area contributed by atoms with Crippen molar-refractivity contribution in [1.29, 1.82) is 0 Å². The number of rotatable bonds is 4. The van der Waals surface area contributed by atoms with Crippen LogP contribution in [0.4, 0.5) is 0 Å². The monoisotopic (exact) mass is 374 g/mol. The van der Waals surface area contributed by atoms with Gasteiger partial charge in [-0.05, 0) is 30.7 Å². The molecule has 7 nitrogen and oxygen atoms in total. The van der Waals surface area contributed by atoms with Crippen molar-refractivity contribution in [3.63, 3.8) is 0 Å². The van der Waals surface area contributed by atoms with E-state index in [2.05, 4.69) is 55.7 Å². The van der Waals surface area contributed by atoms with Crippen molar-refractivity contribution >= 4 is 22.5 Å². The lowest BCUT2D eigenvalue weighted by Gasteiger charge is -2.16. The van der Waals surface area contributed by atoms with Crippen molar-refractivity contribution in [2.75, 3.05) is 20.1 Å². The molecule has 0 spiro atoms. The summed E-state index contributed by atoms with van der Waals surface area (Å²) in [5, 5.41) is 8.39. The molecule has 1 atom stereocenters. The molecule has 1 aliphatic rings. The van der Waals surface area contributed by atoms with E-state index in [-0.39, 0.29) is 5.91 Å². The highest BCUT2D eigenvalue weighted by molar-refractivity contribution is 5.99. The zero-order chi connectivity index (χ0) is 19.1. The molecule has 3 aromatic heterocycles. The van der Waals surface area contributed by atoms with Gasteiger partial charge in [-0.2, -0.15) is 5.10 Å². The van der Waals surface area contributed by atoms with Gasteiger partial charge in [0.05, 0.1) is 11.9 Å². The molecule has 28 heavy (non-hydrogen) atoms.